The van der Waals surface area contributed by atoms with Gasteiger partial charge in [-0.3, -0.25) is 4.79 Å². The number of nitrogens with one attached hydrogen (secondary N) is 2. The van der Waals surface area contributed by atoms with Crippen LogP contribution in [0.25, 0.3) is 11.2 Å². The number of fused-ring (bicyclic) bond motifs is 1. The maximum atomic E-state index is 11.6. The summed E-state index contributed by atoms with van der Waals surface area (Å²) in [5.41, 5.74) is 1.80. The van der Waals surface area contributed by atoms with Crippen molar-refractivity contribution in [2.24, 2.45) is 0 Å². The molecule has 0 saturated heterocycles. The Balaban J connectivity index is 1.63. The highest BCUT2D eigenvalue weighted by Gasteiger charge is 2.22. The lowest BCUT2D eigenvalue weighted by Crippen LogP contribution is -2.25. The van der Waals surface area contributed by atoms with E-state index >= 15 is 0 Å². The zero-order valence-corrected chi connectivity index (χ0v) is 11.4. The van der Waals surface area contributed by atoms with Crippen LogP contribution in [0.4, 0.5) is 0 Å². The minimum Gasteiger partial charge on any atom is -0.353 e. The van der Waals surface area contributed by atoms with Gasteiger partial charge in [-0.25, -0.2) is 4.98 Å². The van der Waals surface area contributed by atoms with E-state index in [1.54, 1.807) is 6.20 Å². The van der Waals surface area contributed by atoms with Crippen LogP contribution in [0.3, 0.4) is 0 Å². The van der Waals surface area contributed by atoms with Crippen LogP contribution in [0.15, 0.2) is 18.3 Å². The number of carbonyl (C=O) groups excluding carboxylic acids is 1. The highest BCUT2D eigenvalue weighted by molar-refractivity contribution is 7.71. The van der Waals surface area contributed by atoms with Gasteiger partial charge in [0.25, 0.3) is 0 Å². The van der Waals surface area contributed by atoms with Gasteiger partial charge in [-0.05, 0) is 43.6 Å². The van der Waals surface area contributed by atoms with Crippen LogP contribution in [0.5, 0.6) is 0 Å². The molecule has 1 saturated carbocycles. The van der Waals surface area contributed by atoms with Crippen LogP contribution in [0.1, 0.15) is 25.7 Å². The van der Waals surface area contributed by atoms with Crippen LogP contribution in [-0.4, -0.2) is 26.5 Å². The minimum atomic E-state index is 0.141. The first kappa shape index (κ1) is 12.3. The Labute approximate surface area is 116 Å². The molecule has 2 N–H and O–H groups in total. The number of H-pyrrole nitrogens is 1. The van der Waals surface area contributed by atoms with E-state index in [0.29, 0.717) is 23.8 Å². The van der Waals surface area contributed by atoms with Crippen molar-refractivity contribution in [1.82, 2.24) is 19.9 Å². The summed E-state index contributed by atoms with van der Waals surface area (Å²) in [7, 11) is 0. The Kier molecular flexibility index (Phi) is 3.33. The molecule has 0 spiro atoms. The Bertz CT molecular complexity index is 656. The van der Waals surface area contributed by atoms with Gasteiger partial charge in [0.15, 0.2) is 10.4 Å². The van der Waals surface area contributed by atoms with Gasteiger partial charge in [0, 0.05) is 25.2 Å². The molecule has 0 unspecified atom stereocenters. The summed E-state index contributed by atoms with van der Waals surface area (Å²) < 4.78 is 2.62. The lowest BCUT2D eigenvalue weighted by Gasteiger charge is -2.04. The first-order valence-corrected chi connectivity index (χ1v) is 6.98. The molecule has 0 bridgehead atoms. The van der Waals surface area contributed by atoms with Gasteiger partial charge in [0.05, 0.1) is 5.52 Å². The Morgan fingerprint density at radius 3 is 3.21 bits per heavy atom. The maximum Gasteiger partial charge on any atom is 0.220 e. The molecule has 0 aromatic carbocycles. The van der Waals surface area contributed by atoms with Crippen LogP contribution >= 0.6 is 12.2 Å². The number of pyridine rings is 1. The van der Waals surface area contributed by atoms with E-state index in [1.807, 2.05) is 16.7 Å². The van der Waals surface area contributed by atoms with Crippen molar-refractivity contribution in [2.75, 3.05) is 0 Å². The molecule has 0 atom stereocenters. The van der Waals surface area contributed by atoms with E-state index in [0.717, 1.165) is 30.4 Å². The fourth-order valence-corrected chi connectivity index (χ4v) is 2.41. The number of rotatable bonds is 5. The van der Waals surface area contributed by atoms with Gasteiger partial charge in [-0.1, -0.05) is 0 Å². The largest absolute Gasteiger partial charge is 0.353 e. The second-order valence-corrected chi connectivity index (χ2v) is 5.29. The zero-order chi connectivity index (χ0) is 13.2. The molecule has 6 heteroatoms. The highest BCUT2D eigenvalue weighted by atomic mass is 32.1. The van der Waals surface area contributed by atoms with Crippen molar-refractivity contribution in [3.8, 4) is 0 Å². The molecule has 5 nitrogen and oxygen atoms in total. The fraction of sp³-hybridized carbons (Fsp3) is 0.462. The number of hydrogen-bond acceptors (Lipinski definition) is 3. The van der Waals surface area contributed by atoms with Crippen molar-refractivity contribution < 1.29 is 4.79 Å². The molecule has 19 heavy (non-hydrogen) atoms. The summed E-state index contributed by atoms with van der Waals surface area (Å²) in [6, 6.07) is 4.26. The number of nitrogens with zero attached hydrogens (tertiary/aromatic N) is 2. The van der Waals surface area contributed by atoms with E-state index in [1.165, 1.54) is 0 Å². The number of aryl methyl sites for hydroxylation is 1. The first-order valence-electron chi connectivity index (χ1n) is 6.57. The molecule has 1 aliphatic carbocycles. The van der Waals surface area contributed by atoms with E-state index < -0.39 is 0 Å². The van der Waals surface area contributed by atoms with Crippen LogP contribution in [0.2, 0.25) is 0 Å². The predicted molar refractivity (Wildman–Crippen MR) is 75.3 cm³/mol. The van der Waals surface area contributed by atoms with Gasteiger partial charge in [0.1, 0.15) is 0 Å². The molecule has 2 aromatic heterocycles. The Hall–Kier alpha value is -1.69. The number of aromatic amines is 1. The summed E-state index contributed by atoms with van der Waals surface area (Å²) in [4.78, 5) is 19.0. The van der Waals surface area contributed by atoms with Gasteiger partial charge >= 0.3 is 0 Å². The van der Waals surface area contributed by atoms with Gasteiger partial charge in [-0.15, -0.1) is 0 Å². The fourth-order valence-electron chi connectivity index (χ4n) is 2.12. The molecule has 0 radical (unpaired) electrons. The third kappa shape index (κ3) is 2.84. The van der Waals surface area contributed by atoms with Crippen LogP contribution in [-0.2, 0) is 11.3 Å². The average Bonchev–Trinajstić information content (AvgIpc) is 3.14. The molecule has 2 aromatic rings. The molecule has 100 valence electrons. The van der Waals surface area contributed by atoms with E-state index in [2.05, 4.69) is 15.3 Å². The number of amides is 1. The molecule has 2 heterocycles. The zero-order valence-electron chi connectivity index (χ0n) is 10.6. The topological polar surface area (TPSA) is 62.7 Å². The first-order chi connectivity index (χ1) is 9.24. The summed E-state index contributed by atoms with van der Waals surface area (Å²) in [6.07, 6.45) is 5.32. The highest BCUT2D eigenvalue weighted by Crippen LogP contribution is 2.19. The van der Waals surface area contributed by atoms with Gasteiger partial charge in [0.2, 0.25) is 5.91 Å². The smallest absolute Gasteiger partial charge is 0.220 e. The molecule has 1 fully saturated rings. The number of imidazole rings is 1. The second-order valence-electron chi connectivity index (χ2n) is 4.90. The van der Waals surface area contributed by atoms with Crippen molar-refractivity contribution in [2.45, 2.75) is 38.3 Å². The quantitative estimate of drug-likeness (QED) is 0.823. The number of aromatic nitrogens is 3. The van der Waals surface area contributed by atoms with Crippen LogP contribution in [0, 0.1) is 4.77 Å². The standard InChI is InChI=1S/C13H16N4OS/c18-11(15-9-5-6-9)4-2-8-17-12-10(16-13(17)19)3-1-7-14-12/h1,3,7,9H,2,4-6,8H2,(H,15,18)(H,16,19). The van der Waals surface area contributed by atoms with Crippen molar-refractivity contribution in [1.29, 1.82) is 0 Å². The minimum absolute atomic E-state index is 0.141. The molecular weight excluding hydrogens is 260 g/mol. The summed E-state index contributed by atoms with van der Waals surface area (Å²) in [5.74, 6) is 0.141. The summed E-state index contributed by atoms with van der Waals surface area (Å²) in [6.45, 7) is 0.716. The molecule has 3 rings (SSSR count). The number of carbonyl (C=O) groups is 1. The van der Waals surface area contributed by atoms with E-state index in [4.69, 9.17) is 12.2 Å². The third-order valence-corrected chi connectivity index (χ3v) is 3.58. The summed E-state index contributed by atoms with van der Waals surface area (Å²) >= 11 is 5.28. The maximum absolute atomic E-state index is 11.6. The third-order valence-electron chi connectivity index (χ3n) is 3.26. The predicted octanol–water partition coefficient (Wildman–Crippen LogP) is 2.15. The SMILES string of the molecule is O=C(CCCn1c(=S)[nH]c2cccnc21)NC1CC1. The average molecular weight is 276 g/mol. The van der Waals surface area contributed by atoms with E-state index in [9.17, 15) is 4.79 Å². The van der Waals surface area contributed by atoms with Gasteiger partial charge < -0.3 is 14.9 Å². The van der Waals surface area contributed by atoms with Gasteiger partial charge in [-0.2, -0.15) is 0 Å². The second kappa shape index (κ2) is 5.13. The summed E-state index contributed by atoms with van der Waals surface area (Å²) in [5, 5.41) is 2.99. The van der Waals surface area contributed by atoms with Crippen molar-refractivity contribution >= 4 is 29.3 Å². The molecular formula is C13H16N4OS. The normalized spacial score (nSPS) is 14.7. The van der Waals surface area contributed by atoms with Crippen LogP contribution < -0.4 is 5.32 Å². The molecule has 0 aliphatic heterocycles. The van der Waals surface area contributed by atoms with Crippen molar-refractivity contribution in [3.63, 3.8) is 0 Å². The Morgan fingerprint density at radius 2 is 2.42 bits per heavy atom. The lowest BCUT2D eigenvalue weighted by atomic mass is 10.3. The van der Waals surface area contributed by atoms with E-state index in [-0.39, 0.29) is 5.91 Å². The monoisotopic (exact) mass is 276 g/mol. The number of hydrogen-bond donors (Lipinski definition) is 2. The molecule has 1 aliphatic rings. The Morgan fingerprint density at radius 1 is 1.58 bits per heavy atom. The van der Waals surface area contributed by atoms with Crippen molar-refractivity contribution in [3.05, 3.63) is 23.1 Å². The molecule has 1 amide bonds. The lowest BCUT2D eigenvalue weighted by molar-refractivity contribution is -0.121.